The highest BCUT2D eigenvalue weighted by Gasteiger charge is 2.20. The number of halogens is 1. The highest BCUT2D eigenvalue weighted by Crippen LogP contribution is 2.31. The van der Waals surface area contributed by atoms with Gasteiger partial charge in [-0.3, -0.25) is 0 Å². The Bertz CT molecular complexity index is 229. The van der Waals surface area contributed by atoms with Gasteiger partial charge in [0.15, 0.2) is 0 Å². The molecule has 2 heterocycles. The van der Waals surface area contributed by atoms with Gasteiger partial charge in [-0.1, -0.05) is 0 Å². The molecule has 1 fully saturated rings. The zero-order valence-electron chi connectivity index (χ0n) is 5.43. The van der Waals surface area contributed by atoms with Crippen molar-refractivity contribution in [1.29, 1.82) is 0 Å². The van der Waals surface area contributed by atoms with Gasteiger partial charge in [-0.2, -0.15) is 11.3 Å². The Morgan fingerprint density at radius 1 is 1.60 bits per heavy atom. The van der Waals surface area contributed by atoms with Crippen LogP contribution in [0.1, 0.15) is 18.0 Å². The van der Waals surface area contributed by atoms with Crippen LogP contribution in [0.15, 0.2) is 15.2 Å². The molecule has 0 radical (unpaired) electrons. The van der Waals surface area contributed by atoms with E-state index in [1.54, 1.807) is 11.3 Å². The van der Waals surface area contributed by atoms with Crippen LogP contribution in [-0.4, -0.2) is 6.54 Å². The molecule has 1 aromatic rings. The summed E-state index contributed by atoms with van der Waals surface area (Å²) >= 11 is 5.27. The first-order valence-corrected chi connectivity index (χ1v) is 5.06. The second-order valence-corrected chi connectivity index (χ2v) is 4.07. The van der Waals surface area contributed by atoms with Crippen molar-refractivity contribution in [3.05, 3.63) is 20.8 Å². The van der Waals surface area contributed by atoms with Gasteiger partial charge < -0.3 is 5.32 Å². The summed E-state index contributed by atoms with van der Waals surface area (Å²) in [6.07, 6.45) is 1.29. The summed E-state index contributed by atoms with van der Waals surface area (Å²) in [4.78, 5) is 0. The Balaban J connectivity index is 2.23. The number of thiophene rings is 1. The molecule has 1 atom stereocenters. The lowest BCUT2D eigenvalue weighted by atomic mass is 10.0. The number of rotatable bonds is 1. The molecular formula is C7H8BrNS. The van der Waals surface area contributed by atoms with Gasteiger partial charge in [0.05, 0.1) is 0 Å². The van der Waals surface area contributed by atoms with Crippen LogP contribution < -0.4 is 5.32 Å². The Labute approximate surface area is 72.6 Å². The molecule has 0 bridgehead atoms. The maximum atomic E-state index is 3.51. The summed E-state index contributed by atoms with van der Waals surface area (Å²) in [6.45, 7) is 1.17. The minimum absolute atomic E-state index is 0.626. The number of hydrogen-bond donors (Lipinski definition) is 1. The van der Waals surface area contributed by atoms with Crippen molar-refractivity contribution in [3.63, 3.8) is 0 Å². The summed E-state index contributed by atoms with van der Waals surface area (Å²) in [5.41, 5.74) is 1.43. The molecule has 0 aliphatic carbocycles. The largest absolute Gasteiger partial charge is 0.310 e. The molecule has 54 valence electrons. The van der Waals surface area contributed by atoms with Crippen LogP contribution in [0.4, 0.5) is 0 Å². The number of hydrogen-bond acceptors (Lipinski definition) is 2. The zero-order valence-corrected chi connectivity index (χ0v) is 7.83. The molecule has 1 aromatic heterocycles. The summed E-state index contributed by atoms with van der Waals surface area (Å²) < 4.78 is 1.26. The fourth-order valence-electron chi connectivity index (χ4n) is 1.09. The molecule has 1 N–H and O–H groups in total. The lowest BCUT2D eigenvalue weighted by Gasteiger charge is -2.27. The van der Waals surface area contributed by atoms with Crippen LogP contribution in [-0.2, 0) is 0 Å². The first-order chi connectivity index (χ1) is 4.88. The molecule has 10 heavy (non-hydrogen) atoms. The molecule has 1 aliphatic rings. The average molecular weight is 218 g/mol. The Morgan fingerprint density at radius 3 is 2.80 bits per heavy atom. The molecule has 1 aliphatic heterocycles. The molecule has 0 aromatic carbocycles. The van der Waals surface area contributed by atoms with E-state index in [0.29, 0.717) is 6.04 Å². The van der Waals surface area contributed by atoms with Crippen molar-refractivity contribution >= 4 is 27.3 Å². The van der Waals surface area contributed by atoms with Crippen molar-refractivity contribution in [3.8, 4) is 0 Å². The van der Waals surface area contributed by atoms with Crippen molar-refractivity contribution in [1.82, 2.24) is 5.32 Å². The smallest absolute Gasteiger partial charge is 0.0351 e. The maximum absolute atomic E-state index is 3.51. The molecular weight excluding hydrogens is 210 g/mol. The predicted molar refractivity (Wildman–Crippen MR) is 47.4 cm³/mol. The quantitative estimate of drug-likeness (QED) is 0.763. The second-order valence-electron chi connectivity index (χ2n) is 2.47. The van der Waals surface area contributed by atoms with Crippen molar-refractivity contribution < 1.29 is 0 Å². The highest BCUT2D eigenvalue weighted by molar-refractivity contribution is 9.10. The monoisotopic (exact) mass is 217 g/mol. The van der Waals surface area contributed by atoms with Crippen molar-refractivity contribution in [2.45, 2.75) is 12.5 Å². The fraction of sp³-hybridized carbons (Fsp3) is 0.429. The predicted octanol–water partition coefficient (Wildman–Crippen LogP) is 2.54. The Hall–Kier alpha value is 0.140. The van der Waals surface area contributed by atoms with Crippen LogP contribution >= 0.6 is 27.3 Å². The first kappa shape index (κ1) is 6.83. The third-order valence-corrected chi connectivity index (χ3v) is 3.59. The Morgan fingerprint density at radius 2 is 2.40 bits per heavy atom. The molecule has 0 unspecified atom stereocenters. The lowest BCUT2D eigenvalue weighted by Crippen LogP contribution is -2.34. The summed E-state index contributed by atoms with van der Waals surface area (Å²) in [7, 11) is 0. The molecule has 1 saturated heterocycles. The minimum atomic E-state index is 0.626. The van der Waals surface area contributed by atoms with E-state index in [-0.39, 0.29) is 0 Å². The number of nitrogens with one attached hydrogen (secondary N) is 1. The minimum Gasteiger partial charge on any atom is -0.310 e. The van der Waals surface area contributed by atoms with Gasteiger partial charge in [-0.25, -0.2) is 0 Å². The van der Waals surface area contributed by atoms with Crippen LogP contribution in [0.2, 0.25) is 0 Å². The fourth-order valence-corrected chi connectivity index (χ4v) is 2.72. The van der Waals surface area contributed by atoms with E-state index in [9.17, 15) is 0 Å². The van der Waals surface area contributed by atoms with Gasteiger partial charge in [0.1, 0.15) is 0 Å². The van der Waals surface area contributed by atoms with E-state index in [2.05, 4.69) is 32.0 Å². The van der Waals surface area contributed by atoms with Crippen LogP contribution in [0.5, 0.6) is 0 Å². The topological polar surface area (TPSA) is 12.0 Å². The summed E-state index contributed by atoms with van der Waals surface area (Å²) in [5.74, 6) is 0. The third kappa shape index (κ3) is 1.02. The van der Waals surface area contributed by atoms with Gasteiger partial charge in [0.2, 0.25) is 0 Å². The van der Waals surface area contributed by atoms with Gasteiger partial charge in [0.25, 0.3) is 0 Å². The standard InChI is InChI=1S/C7H8BrNS/c8-6-4-10-3-5(6)7-1-2-9-7/h3-4,7,9H,1-2H2/t7-/m0/s1. The summed E-state index contributed by atoms with van der Waals surface area (Å²) in [5, 5.41) is 7.71. The normalized spacial score (nSPS) is 24.3. The molecule has 2 rings (SSSR count). The van der Waals surface area contributed by atoms with E-state index in [4.69, 9.17) is 0 Å². The molecule has 0 saturated carbocycles. The van der Waals surface area contributed by atoms with Crippen molar-refractivity contribution in [2.75, 3.05) is 6.54 Å². The maximum Gasteiger partial charge on any atom is 0.0351 e. The summed E-state index contributed by atoms with van der Waals surface area (Å²) in [6, 6.07) is 0.626. The van der Waals surface area contributed by atoms with Gasteiger partial charge >= 0.3 is 0 Å². The van der Waals surface area contributed by atoms with Gasteiger partial charge in [-0.05, 0) is 39.8 Å². The van der Waals surface area contributed by atoms with E-state index < -0.39 is 0 Å². The second kappa shape index (κ2) is 2.64. The highest BCUT2D eigenvalue weighted by atomic mass is 79.9. The van der Waals surface area contributed by atoms with Crippen LogP contribution in [0.25, 0.3) is 0 Å². The molecule has 0 spiro atoms. The van der Waals surface area contributed by atoms with E-state index >= 15 is 0 Å². The average Bonchev–Trinajstić information content (AvgIpc) is 2.12. The van der Waals surface area contributed by atoms with Gasteiger partial charge in [-0.15, -0.1) is 0 Å². The van der Waals surface area contributed by atoms with Crippen LogP contribution in [0.3, 0.4) is 0 Å². The van der Waals surface area contributed by atoms with Crippen molar-refractivity contribution in [2.24, 2.45) is 0 Å². The molecule has 1 nitrogen and oxygen atoms in total. The third-order valence-electron chi connectivity index (χ3n) is 1.84. The van der Waals surface area contributed by atoms with E-state index in [1.807, 2.05) is 0 Å². The van der Waals surface area contributed by atoms with E-state index in [1.165, 1.54) is 23.0 Å². The van der Waals surface area contributed by atoms with E-state index in [0.717, 1.165) is 0 Å². The molecule has 0 amide bonds. The lowest BCUT2D eigenvalue weighted by molar-refractivity contribution is 0.383. The Kier molecular flexibility index (Phi) is 1.80. The van der Waals surface area contributed by atoms with Gasteiger partial charge in [0, 0.05) is 15.9 Å². The molecule has 3 heteroatoms. The van der Waals surface area contributed by atoms with Crippen LogP contribution in [0, 0.1) is 0 Å². The first-order valence-electron chi connectivity index (χ1n) is 3.33. The zero-order chi connectivity index (χ0) is 6.97. The SMILES string of the molecule is Brc1cscc1[C@@H]1CCN1.